The number of carbonyl (C=O) groups excluding carboxylic acids is 9. The number of urea groups is 1. The molecule has 0 saturated carbocycles. The molecule has 1 aromatic carbocycles. The summed E-state index contributed by atoms with van der Waals surface area (Å²) in [6.45, 7) is 5.22. The van der Waals surface area contributed by atoms with Crippen LogP contribution in [0.3, 0.4) is 0 Å². The molecular formula is C28H31N6NaO14S. The number of esters is 2. The van der Waals surface area contributed by atoms with Crippen LogP contribution in [-0.2, 0) is 48.2 Å². The fourth-order valence-corrected chi connectivity index (χ4v) is 8.21. The van der Waals surface area contributed by atoms with Gasteiger partial charge in [0.15, 0.2) is 32.4 Å². The van der Waals surface area contributed by atoms with Crippen LogP contribution in [0, 0.1) is 0 Å². The first kappa shape index (κ1) is 39.8. The van der Waals surface area contributed by atoms with Crippen molar-refractivity contribution in [3.63, 3.8) is 0 Å². The Kier molecular flexibility index (Phi) is 11.4. The molecule has 3 saturated heterocycles. The van der Waals surface area contributed by atoms with E-state index in [9.17, 15) is 56.7 Å². The fourth-order valence-electron chi connectivity index (χ4n) is 5.87. The van der Waals surface area contributed by atoms with E-state index in [2.05, 4.69) is 5.32 Å². The van der Waals surface area contributed by atoms with Gasteiger partial charge in [0.1, 0.15) is 16.8 Å². The Hall–Kier alpha value is -4.60. The van der Waals surface area contributed by atoms with Crippen LogP contribution < -0.4 is 60.1 Å². The Morgan fingerprint density at radius 3 is 2.16 bits per heavy atom. The summed E-state index contributed by atoms with van der Waals surface area (Å²) in [7, 11) is -4.70. The van der Waals surface area contributed by atoms with Crippen LogP contribution in [0.4, 0.5) is 4.79 Å². The molecule has 1 unspecified atom stereocenters. The molecule has 4 atom stereocenters. The monoisotopic (exact) mass is 730 g/mol. The summed E-state index contributed by atoms with van der Waals surface area (Å²) in [5, 5.41) is 17.2. The normalized spacial score (nSPS) is 23.7. The number of aliphatic carboxylic acids is 1. The quantitative estimate of drug-likeness (QED) is 0.0504. The number of nitrogens with one attached hydrogen (secondary N) is 3. The minimum Gasteiger partial charge on any atom is -0.545 e. The third kappa shape index (κ3) is 6.29. The number of hydrogen-bond donors (Lipinski definition) is 3. The van der Waals surface area contributed by atoms with Crippen LogP contribution in [0.25, 0.3) is 0 Å². The molecule has 4 rings (SSSR count). The molecule has 1 aromatic rings. The summed E-state index contributed by atoms with van der Waals surface area (Å²) in [6, 6.07) is -1.99. The number of hydrogen-bond acceptors (Lipinski definition) is 14. The van der Waals surface area contributed by atoms with E-state index in [-0.39, 0.29) is 66.9 Å². The predicted molar refractivity (Wildman–Crippen MR) is 157 cm³/mol. The van der Waals surface area contributed by atoms with E-state index in [1.165, 1.54) is 0 Å². The van der Waals surface area contributed by atoms with Gasteiger partial charge < -0.3 is 40.2 Å². The molecule has 264 valence electrons. The van der Waals surface area contributed by atoms with Gasteiger partial charge in [0.25, 0.3) is 5.91 Å². The van der Waals surface area contributed by atoms with E-state index in [0.29, 0.717) is 9.80 Å². The molecule has 3 aliphatic heterocycles. The van der Waals surface area contributed by atoms with Gasteiger partial charge in [-0.15, -0.1) is 0 Å². The molecule has 0 aliphatic carbocycles. The van der Waals surface area contributed by atoms with Gasteiger partial charge in [-0.1, -0.05) is 6.07 Å². The van der Waals surface area contributed by atoms with Gasteiger partial charge in [-0.3, -0.25) is 43.4 Å². The second kappa shape index (κ2) is 14.3. The zero-order valence-electron chi connectivity index (χ0n) is 27.6. The van der Waals surface area contributed by atoms with Crippen molar-refractivity contribution < 1.29 is 95.7 Å². The first-order chi connectivity index (χ1) is 22.8. The number of amides is 7. The minimum atomic E-state index is -4.70. The van der Waals surface area contributed by atoms with Crippen molar-refractivity contribution in [3.05, 3.63) is 23.8 Å². The van der Waals surface area contributed by atoms with Crippen molar-refractivity contribution >= 4 is 63.8 Å². The van der Waals surface area contributed by atoms with Crippen molar-refractivity contribution in [2.45, 2.75) is 62.5 Å². The zero-order valence-corrected chi connectivity index (χ0v) is 30.4. The van der Waals surface area contributed by atoms with Crippen LogP contribution in [0.2, 0.25) is 0 Å². The molecule has 50 heavy (non-hydrogen) atoms. The summed E-state index contributed by atoms with van der Waals surface area (Å²) in [5.74, 6) is -9.73. The van der Waals surface area contributed by atoms with Crippen LogP contribution in [0.15, 0.2) is 18.2 Å². The van der Waals surface area contributed by atoms with Gasteiger partial charge in [0.05, 0.1) is 5.97 Å². The summed E-state index contributed by atoms with van der Waals surface area (Å²) in [6.07, 6.45) is 0.0398. The van der Waals surface area contributed by atoms with Gasteiger partial charge in [-0.2, -0.15) is 0 Å². The summed E-state index contributed by atoms with van der Waals surface area (Å²) < 4.78 is 34.8. The van der Waals surface area contributed by atoms with Gasteiger partial charge in [0, 0.05) is 33.5 Å². The number of carbonyl (C=O) groups is 9. The maximum absolute atomic E-state index is 14.2. The summed E-state index contributed by atoms with van der Waals surface area (Å²) in [5.41, 5.74) is -3.44. The molecule has 20 nitrogen and oxygen atoms in total. The average molecular weight is 731 g/mol. The standard InChI is InChI=1S/C28H32N6O14S.Na/c1-6-32-9-10-33(23(41)22(32)40)26(44)30-18(15-7-8-16(47-13(2)36)17(11-15)48-14(3)37)20(38)31-28(25(42)43)27(4,5)49(45,46)24-19(29-12-35)21(39)34(24)28;/h7-8,11-12,18-19,24H,6,9-10H2,1-5H3,(H,29,35)(H,30,44)(H,31,38)(H,42,43);/q;+1/p-1/t18?,19-,24-,28+;/m1./s1. The molecule has 3 N–H and O–H groups in total. The molecule has 3 heterocycles. The number of rotatable bonds is 10. The summed E-state index contributed by atoms with van der Waals surface area (Å²) >= 11 is 0. The van der Waals surface area contributed by atoms with Gasteiger partial charge in [-0.05, 0) is 38.5 Å². The van der Waals surface area contributed by atoms with Crippen LogP contribution in [0.1, 0.15) is 46.2 Å². The van der Waals surface area contributed by atoms with Crippen molar-refractivity contribution in [2.24, 2.45) is 0 Å². The second-order valence-corrected chi connectivity index (χ2v) is 14.1. The van der Waals surface area contributed by atoms with Gasteiger partial charge >= 0.3 is 59.3 Å². The van der Waals surface area contributed by atoms with E-state index in [1.807, 2.05) is 10.6 Å². The van der Waals surface area contributed by atoms with E-state index in [4.69, 9.17) is 9.47 Å². The van der Waals surface area contributed by atoms with Crippen molar-refractivity contribution in [2.75, 3.05) is 19.6 Å². The molecule has 0 bridgehead atoms. The molecule has 7 amide bonds. The van der Waals surface area contributed by atoms with Crippen LogP contribution >= 0.6 is 0 Å². The van der Waals surface area contributed by atoms with E-state index in [1.54, 1.807) is 6.92 Å². The molecular weight excluding hydrogens is 699 g/mol. The number of benzene rings is 1. The van der Waals surface area contributed by atoms with Gasteiger partial charge in [0.2, 0.25) is 12.3 Å². The maximum Gasteiger partial charge on any atom is 1.00 e. The van der Waals surface area contributed by atoms with Gasteiger partial charge in [-0.25, -0.2) is 13.2 Å². The van der Waals surface area contributed by atoms with Crippen molar-refractivity contribution in [1.82, 2.24) is 30.7 Å². The topological polar surface area (TPSA) is 275 Å². The average Bonchev–Trinajstić information content (AvgIpc) is 3.13. The second-order valence-electron chi connectivity index (χ2n) is 11.5. The van der Waals surface area contributed by atoms with Crippen molar-refractivity contribution in [1.29, 1.82) is 0 Å². The molecule has 0 aromatic heterocycles. The zero-order chi connectivity index (χ0) is 36.8. The summed E-state index contributed by atoms with van der Waals surface area (Å²) in [4.78, 5) is 115. The van der Waals surface area contributed by atoms with E-state index >= 15 is 0 Å². The Bertz CT molecular complexity index is 1800. The fraction of sp³-hybridized carbons (Fsp3) is 0.464. The molecule has 0 spiro atoms. The van der Waals surface area contributed by atoms with E-state index < -0.39 is 91.0 Å². The largest absolute Gasteiger partial charge is 1.00 e. The number of carboxylic acid groups (broad SMARTS) is 1. The minimum absolute atomic E-state index is 0. The van der Waals surface area contributed by atoms with Crippen LogP contribution in [-0.4, -0.2) is 119 Å². The third-order valence-electron chi connectivity index (χ3n) is 8.43. The van der Waals surface area contributed by atoms with Crippen LogP contribution in [0.5, 0.6) is 11.5 Å². The number of carboxylic acids is 1. The molecule has 22 heteroatoms. The predicted octanol–water partition coefficient (Wildman–Crippen LogP) is -6.97. The number of fused-ring (bicyclic) bond motifs is 1. The Labute approximate surface area is 306 Å². The number of likely N-dealkylation sites (N-methyl/N-ethyl adjacent to an activating group) is 1. The first-order valence-electron chi connectivity index (χ1n) is 14.5. The first-order valence-corrected chi connectivity index (χ1v) is 16.0. The Morgan fingerprint density at radius 1 is 1.02 bits per heavy atom. The van der Waals surface area contributed by atoms with Crippen molar-refractivity contribution in [3.8, 4) is 11.5 Å². The SMILES string of the molecule is CCN1CCN(C(=O)NC(C(=O)N[C@@]2(C(=O)[O-])N3C(=O)[C@@H](NC=O)[C@H]3S(=O)(=O)C2(C)C)c2ccc(OC(C)=O)c(OC(C)=O)c2)C(=O)C1=O.[Na+]. The number of nitrogens with zero attached hydrogens (tertiary/aromatic N) is 3. The third-order valence-corrected chi connectivity index (χ3v) is 11.3. The number of imide groups is 1. The number of β-lactam (4-membered cyclic amide) rings is 1. The molecule has 3 aliphatic rings. The Balaban J connectivity index is 0.00000676. The number of sulfone groups is 1. The van der Waals surface area contributed by atoms with E-state index in [0.717, 1.165) is 50.8 Å². The molecule has 3 fully saturated rings. The molecule has 0 radical (unpaired) electrons. The number of ether oxygens (including phenoxy) is 2. The maximum atomic E-state index is 14.2. The smallest absolute Gasteiger partial charge is 0.545 e. The Morgan fingerprint density at radius 2 is 1.62 bits per heavy atom. The number of piperazine rings is 1.